The molecule has 1 heterocycles. The summed E-state index contributed by atoms with van der Waals surface area (Å²) in [5, 5.41) is 12.1. The SMILES string of the molecule is Cc1cc(C=C(C#N)C(=O)NC(C)C)c(C)n1C1CCCCC1. The van der Waals surface area contributed by atoms with Crippen molar-refractivity contribution in [2.75, 3.05) is 0 Å². The molecule has 0 aromatic carbocycles. The van der Waals surface area contributed by atoms with Gasteiger partial charge in [0.15, 0.2) is 0 Å². The van der Waals surface area contributed by atoms with Gasteiger partial charge >= 0.3 is 0 Å². The maximum atomic E-state index is 12.1. The molecular formula is C19H27N3O. The Morgan fingerprint density at radius 2 is 2.00 bits per heavy atom. The number of carbonyl (C=O) groups is 1. The van der Waals surface area contributed by atoms with Crippen LogP contribution in [0, 0.1) is 25.2 Å². The zero-order valence-corrected chi connectivity index (χ0v) is 14.6. The van der Waals surface area contributed by atoms with Crippen LogP contribution in [0.2, 0.25) is 0 Å². The number of amides is 1. The van der Waals surface area contributed by atoms with Crippen LogP contribution in [0.15, 0.2) is 11.6 Å². The predicted molar refractivity (Wildman–Crippen MR) is 92.9 cm³/mol. The molecule has 0 spiro atoms. The van der Waals surface area contributed by atoms with Gasteiger partial charge in [0.25, 0.3) is 5.91 Å². The maximum Gasteiger partial charge on any atom is 0.262 e. The van der Waals surface area contributed by atoms with Gasteiger partial charge in [0, 0.05) is 23.5 Å². The summed E-state index contributed by atoms with van der Waals surface area (Å²) < 4.78 is 2.39. The second-order valence-corrected chi connectivity index (χ2v) is 6.79. The second kappa shape index (κ2) is 7.50. The largest absolute Gasteiger partial charge is 0.349 e. The van der Waals surface area contributed by atoms with Gasteiger partial charge in [-0.3, -0.25) is 4.79 Å². The summed E-state index contributed by atoms with van der Waals surface area (Å²) in [6.07, 6.45) is 8.06. The molecule has 0 radical (unpaired) electrons. The lowest BCUT2D eigenvalue weighted by Crippen LogP contribution is -2.30. The highest BCUT2D eigenvalue weighted by atomic mass is 16.1. The van der Waals surface area contributed by atoms with E-state index in [2.05, 4.69) is 29.8 Å². The Balaban J connectivity index is 2.31. The zero-order valence-electron chi connectivity index (χ0n) is 14.6. The third kappa shape index (κ3) is 4.04. The molecule has 0 saturated heterocycles. The average molecular weight is 313 g/mol. The van der Waals surface area contributed by atoms with Gasteiger partial charge in [0.2, 0.25) is 0 Å². The van der Waals surface area contributed by atoms with E-state index in [0.717, 1.165) is 11.3 Å². The van der Waals surface area contributed by atoms with Crippen molar-refractivity contribution in [3.8, 4) is 6.07 Å². The Bertz CT molecular complexity index is 640. The number of nitrogens with one attached hydrogen (secondary N) is 1. The first-order chi connectivity index (χ1) is 10.9. The molecule has 4 heteroatoms. The average Bonchev–Trinajstić information content (AvgIpc) is 2.79. The van der Waals surface area contributed by atoms with E-state index >= 15 is 0 Å². The van der Waals surface area contributed by atoms with Gasteiger partial charge in [-0.1, -0.05) is 19.3 Å². The van der Waals surface area contributed by atoms with E-state index in [1.165, 1.54) is 37.8 Å². The van der Waals surface area contributed by atoms with E-state index in [1.807, 2.05) is 19.9 Å². The fraction of sp³-hybridized carbons (Fsp3) is 0.579. The fourth-order valence-corrected chi connectivity index (χ4v) is 3.49. The molecule has 1 amide bonds. The van der Waals surface area contributed by atoms with Gasteiger partial charge in [-0.2, -0.15) is 5.26 Å². The Kier molecular flexibility index (Phi) is 5.65. The van der Waals surface area contributed by atoms with Crippen LogP contribution in [-0.2, 0) is 4.79 Å². The summed E-state index contributed by atoms with van der Waals surface area (Å²) in [6.45, 7) is 7.98. The molecule has 4 nitrogen and oxygen atoms in total. The Morgan fingerprint density at radius 1 is 1.35 bits per heavy atom. The topological polar surface area (TPSA) is 57.8 Å². The zero-order chi connectivity index (χ0) is 17.0. The Hall–Kier alpha value is -2.02. The molecule has 2 rings (SSSR count). The van der Waals surface area contributed by atoms with Gasteiger partial charge in [-0.05, 0) is 58.2 Å². The monoisotopic (exact) mass is 313 g/mol. The van der Waals surface area contributed by atoms with Crippen LogP contribution in [0.4, 0.5) is 0 Å². The van der Waals surface area contributed by atoms with Gasteiger partial charge < -0.3 is 9.88 Å². The number of hydrogen-bond donors (Lipinski definition) is 1. The lowest BCUT2D eigenvalue weighted by atomic mass is 9.95. The lowest BCUT2D eigenvalue weighted by Gasteiger charge is -2.26. The molecule has 1 fully saturated rings. The van der Waals surface area contributed by atoms with E-state index in [-0.39, 0.29) is 17.5 Å². The van der Waals surface area contributed by atoms with Crippen LogP contribution in [0.25, 0.3) is 6.08 Å². The highest BCUT2D eigenvalue weighted by Gasteiger charge is 2.20. The first-order valence-corrected chi connectivity index (χ1v) is 8.55. The molecule has 1 aromatic rings. The maximum absolute atomic E-state index is 12.1. The van der Waals surface area contributed by atoms with Gasteiger partial charge in [-0.15, -0.1) is 0 Å². The summed E-state index contributed by atoms with van der Waals surface area (Å²) in [4.78, 5) is 12.1. The Labute approximate surface area is 139 Å². The van der Waals surface area contributed by atoms with Crippen molar-refractivity contribution in [1.82, 2.24) is 9.88 Å². The number of hydrogen-bond acceptors (Lipinski definition) is 2. The van der Waals surface area contributed by atoms with Crippen LogP contribution in [0.1, 0.15) is 68.9 Å². The Morgan fingerprint density at radius 3 is 2.57 bits per heavy atom. The number of carbonyl (C=O) groups excluding carboxylic acids is 1. The smallest absolute Gasteiger partial charge is 0.262 e. The van der Waals surface area contributed by atoms with E-state index in [0.29, 0.717) is 6.04 Å². The fourth-order valence-electron chi connectivity index (χ4n) is 3.49. The molecule has 1 N–H and O–H groups in total. The van der Waals surface area contributed by atoms with E-state index < -0.39 is 0 Å². The van der Waals surface area contributed by atoms with E-state index in [1.54, 1.807) is 6.08 Å². The second-order valence-electron chi connectivity index (χ2n) is 6.79. The van der Waals surface area contributed by atoms with Crippen molar-refractivity contribution in [3.05, 3.63) is 28.6 Å². The molecule has 1 saturated carbocycles. The summed E-state index contributed by atoms with van der Waals surface area (Å²) >= 11 is 0. The highest BCUT2D eigenvalue weighted by molar-refractivity contribution is 6.01. The summed E-state index contributed by atoms with van der Waals surface area (Å²) in [5.41, 5.74) is 3.51. The van der Waals surface area contributed by atoms with Gasteiger partial charge in [-0.25, -0.2) is 0 Å². The summed E-state index contributed by atoms with van der Waals surface area (Å²) in [7, 11) is 0. The highest BCUT2D eigenvalue weighted by Crippen LogP contribution is 2.32. The van der Waals surface area contributed by atoms with Crippen LogP contribution in [0.5, 0.6) is 0 Å². The van der Waals surface area contributed by atoms with E-state index in [4.69, 9.17) is 0 Å². The minimum atomic E-state index is -0.301. The van der Waals surface area contributed by atoms with Crippen LogP contribution >= 0.6 is 0 Å². The van der Waals surface area contributed by atoms with Crippen molar-refractivity contribution >= 4 is 12.0 Å². The molecule has 1 aliphatic rings. The number of nitrogens with zero attached hydrogens (tertiary/aromatic N) is 2. The first kappa shape index (κ1) is 17.3. The van der Waals surface area contributed by atoms with Crippen molar-refractivity contribution in [3.63, 3.8) is 0 Å². The van der Waals surface area contributed by atoms with Gasteiger partial charge in [0.1, 0.15) is 11.6 Å². The molecule has 0 aliphatic heterocycles. The minimum Gasteiger partial charge on any atom is -0.349 e. The molecule has 1 aliphatic carbocycles. The normalized spacial score (nSPS) is 16.4. The number of aromatic nitrogens is 1. The predicted octanol–water partition coefficient (Wildman–Crippen LogP) is 4.04. The lowest BCUT2D eigenvalue weighted by molar-refractivity contribution is -0.117. The third-order valence-electron chi connectivity index (χ3n) is 4.55. The first-order valence-electron chi connectivity index (χ1n) is 8.55. The molecule has 0 unspecified atom stereocenters. The van der Waals surface area contributed by atoms with E-state index in [9.17, 15) is 10.1 Å². The third-order valence-corrected chi connectivity index (χ3v) is 4.55. The van der Waals surface area contributed by atoms with Crippen molar-refractivity contribution in [1.29, 1.82) is 5.26 Å². The number of rotatable bonds is 4. The van der Waals surface area contributed by atoms with Crippen LogP contribution in [0.3, 0.4) is 0 Å². The summed E-state index contributed by atoms with van der Waals surface area (Å²) in [5.74, 6) is -0.301. The van der Waals surface area contributed by atoms with Crippen molar-refractivity contribution in [2.45, 2.75) is 71.9 Å². The summed E-state index contributed by atoms with van der Waals surface area (Å²) in [6, 6.07) is 4.70. The van der Waals surface area contributed by atoms with Gasteiger partial charge in [0.05, 0.1) is 0 Å². The van der Waals surface area contributed by atoms with Crippen LogP contribution in [-0.4, -0.2) is 16.5 Å². The molecule has 0 bridgehead atoms. The van der Waals surface area contributed by atoms with Crippen LogP contribution < -0.4 is 5.32 Å². The standard InChI is InChI=1S/C19H27N3O/c1-13(2)21-19(23)17(12-20)11-16-10-14(3)22(15(16)4)18-8-6-5-7-9-18/h10-11,13,18H,5-9H2,1-4H3,(H,21,23). The molecular weight excluding hydrogens is 286 g/mol. The number of nitriles is 1. The van der Waals surface area contributed by atoms with Crippen molar-refractivity contribution < 1.29 is 4.79 Å². The molecule has 23 heavy (non-hydrogen) atoms. The van der Waals surface area contributed by atoms with Crippen molar-refractivity contribution in [2.24, 2.45) is 0 Å². The quantitative estimate of drug-likeness (QED) is 0.673. The molecule has 124 valence electrons. The molecule has 0 atom stereocenters. The molecule has 1 aromatic heterocycles. The number of aryl methyl sites for hydroxylation is 1. The minimum absolute atomic E-state index is 0.0221.